The number of nitrogens with one attached hydrogen (secondary N) is 1. The lowest BCUT2D eigenvalue weighted by Gasteiger charge is -2.19. The highest BCUT2D eigenvalue weighted by Crippen LogP contribution is 2.19. The summed E-state index contributed by atoms with van der Waals surface area (Å²) < 4.78 is 15.4. The van der Waals surface area contributed by atoms with Crippen molar-refractivity contribution in [3.8, 4) is 11.5 Å². The highest BCUT2D eigenvalue weighted by molar-refractivity contribution is 7.11. The smallest absolute Gasteiger partial charge is 0.412 e. The Kier molecular flexibility index (Phi) is 9.30. The standard InChI is InChI=1S/C15H16N2O4S.C10H8N2O2S/c1-15(2,3)21-14(19)17-10-4-6-11(7-5-10)20-13(18)12-16-8-9-22-12;11-7-1-3-8(4-2-7)14-10(13)9-12-5-6-15-9/h4-9H,1-3H3,(H,17,19);1-6H,11H2. The minimum Gasteiger partial charge on any atom is -0.444 e. The molecule has 2 heterocycles. The normalized spacial score (nSPS) is 10.5. The van der Waals surface area contributed by atoms with E-state index in [1.807, 2.05) is 0 Å². The number of esters is 2. The second-order valence-corrected chi connectivity index (χ2v) is 9.96. The number of ether oxygens (including phenoxy) is 3. The predicted molar refractivity (Wildman–Crippen MR) is 141 cm³/mol. The van der Waals surface area contributed by atoms with E-state index in [0.717, 1.165) is 0 Å². The third kappa shape index (κ3) is 9.35. The van der Waals surface area contributed by atoms with Crippen molar-refractivity contribution in [3.05, 3.63) is 81.7 Å². The Morgan fingerprint density at radius 1 is 0.784 bits per heavy atom. The quantitative estimate of drug-likeness (QED) is 0.186. The number of nitrogens with zero attached hydrogens (tertiary/aromatic N) is 2. The molecule has 0 unspecified atom stereocenters. The van der Waals surface area contributed by atoms with Gasteiger partial charge in [-0.3, -0.25) is 5.32 Å². The first-order valence-electron chi connectivity index (χ1n) is 10.8. The fourth-order valence-corrected chi connectivity index (χ4v) is 3.53. The van der Waals surface area contributed by atoms with E-state index in [-0.39, 0.29) is 5.01 Å². The number of benzene rings is 2. The Hall–Kier alpha value is -4.29. The van der Waals surface area contributed by atoms with Crippen molar-refractivity contribution in [2.24, 2.45) is 0 Å². The van der Waals surface area contributed by atoms with Gasteiger partial charge in [0, 0.05) is 34.5 Å². The molecule has 2 aromatic heterocycles. The second-order valence-electron chi connectivity index (χ2n) is 8.17. The molecule has 3 N–H and O–H groups in total. The van der Waals surface area contributed by atoms with Crippen LogP contribution in [0.15, 0.2) is 71.7 Å². The molecule has 0 saturated carbocycles. The van der Waals surface area contributed by atoms with Crippen LogP contribution in [-0.2, 0) is 4.74 Å². The maximum atomic E-state index is 11.7. The molecule has 2 aromatic carbocycles. The third-order valence-corrected chi connectivity index (χ3v) is 5.52. The fraction of sp³-hybridized carbons (Fsp3) is 0.160. The van der Waals surface area contributed by atoms with Gasteiger partial charge in [-0.15, -0.1) is 22.7 Å². The highest BCUT2D eigenvalue weighted by Gasteiger charge is 2.16. The Morgan fingerprint density at radius 3 is 1.65 bits per heavy atom. The summed E-state index contributed by atoms with van der Waals surface area (Å²) >= 11 is 2.45. The first-order chi connectivity index (χ1) is 17.6. The topological polar surface area (TPSA) is 143 Å². The van der Waals surface area contributed by atoms with Crippen molar-refractivity contribution in [2.45, 2.75) is 26.4 Å². The minimum absolute atomic E-state index is 0.288. The third-order valence-electron chi connectivity index (χ3n) is 4.01. The summed E-state index contributed by atoms with van der Waals surface area (Å²) in [7, 11) is 0. The summed E-state index contributed by atoms with van der Waals surface area (Å²) in [5.41, 5.74) is 6.11. The minimum atomic E-state index is -0.562. The number of carbonyl (C=O) groups excluding carboxylic acids is 3. The average molecular weight is 541 g/mol. The maximum absolute atomic E-state index is 11.7. The van der Waals surface area contributed by atoms with Gasteiger partial charge in [0.2, 0.25) is 10.0 Å². The summed E-state index contributed by atoms with van der Waals surface area (Å²) in [5, 5.41) is 6.64. The molecule has 192 valence electrons. The zero-order valence-electron chi connectivity index (χ0n) is 20.2. The van der Waals surface area contributed by atoms with Crippen LogP contribution in [0.1, 0.15) is 40.4 Å². The maximum Gasteiger partial charge on any atom is 0.412 e. The highest BCUT2D eigenvalue weighted by atomic mass is 32.1. The van der Waals surface area contributed by atoms with Gasteiger partial charge in [0.05, 0.1) is 0 Å². The van der Waals surface area contributed by atoms with E-state index in [2.05, 4.69) is 15.3 Å². The first-order valence-corrected chi connectivity index (χ1v) is 12.5. The lowest BCUT2D eigenvalue weighted by molar-refractivity contribution is 0.0633. The zero-order chi connectivity index (χ0) is 26.8. The van der Waals surface area contributed by atoms with Crippen molar-refractivity contribution in [1.82, 2.24) is 9.97 Å². The molecule has 0 bridgehead atoms. The number of nitrogen functional groups attached to an aromatic ring is 1. The van der Waals surface area contributed by atoms with Crippen LogP contribution in [0.4, 0.5) is 16.2 Å². The number of aromatic nitrogens is 2. The number of hydrogen-bond acceptors (Lipinski definition) is 11. The number of carbonyl (C=O) groups is 3. The Bertz CT molecular complexity index is 1300. The average Bonchev–Trinajstić information content (AvgIpc) is 3.56. The van der Waals surface area contributed by atoms with Gasteiger partial charge in [-0.1, -0.05) is 0 Å². The SMILES string of the molecule is CC(C)(C)OC(=O)Nc1ccc(OC(=O)c2nccs2)cc1.Nc1ccc(OC(=O)c2nccs2)cc1. The van der Waals surface area contributed by atoms with Crippen molar-refractivity contribution in [1.29, 1.82) is 0 Å². The predicted octanol–water partition coefficient (Wildman–Crippen LogP) is 5.65. The molecule has 0 aliphatic rings. The van der Waals surface area contributed by atoms with Gasteiger partial charge in [0.25, 0.3) is 0 Å². The Morgan fingerprint density at radius 2 is 1.24 bits per heavy atom. The van der Waals surface area contributed by atoms with E-state index in [1.165, 1.54) is 28.9 Å². The lowest BCUT2D eigenvalue weighted by atomic mass is 10.2. The molecule has 0 atom stereocenters. The van der Waals surface area contributed by atoms with E-state index in [1.54, 1.807) is 86.3 Å². The van der Waals surface area contributed by atoms with E-state index in [4.69, 9.17) is 19.9 Å². The second kappa shape index (κ2) is 12.6. The molecule has 0 fully saturated rings. The number of rotatable bonds is 5. The fourth-order valence-electron chi connectivity index (χ4n) is 2.51. The van der Waals surface area contributed by atoms with E-state index >= 15 is 0 Å². The molecule has 4 rings (SSSR count). The molecule has 0 spiro atoms. The molecule has 12 heteroatoms. The van der Waals surface area contributed by atoms with Crippen LogP contribution in [0.3, 0.4) is 0 Å². The monoisotopic (exact) mass is 540 g/mol. The van der Waals surface area contributed by atoms with Gasteiger partial charge in [-0.05, 0) is 69.3 Å². The van der Waals surface area contributed by atoms with Crippen LogP contribution in [-0.4, -0.2) is 33.6 Å². The molecular weight excluding hydrogens is 516 g/mol. The van der Waals surface area contributed by atoms with Crippen molar-refractivity contribution in [2.75, 3.05) is 11.1 Å². The molecule has 37 heavy (non-hydrogen) atoms. The van der Waals surface area contributed by atoms with Crippen LogP contribution in [0.5, 0.6) is 11.5 Å². The molecule has 10 nitrogen and oxygen atoms in total. The van der Waals surface area contributed by atoms with E-state index in [0.29, 0.717) is 27.9 Å². The molecule has 0 saturated heterocycles. The number of anilines is 2. The van der Waals surface area contributed by atoms with Crippen LogP contribution < -0.4 is 20.5 Å². The largest absolute Gasteiger partial charge is 0.444 e. The summed E-state index contributed by atoms with van der Waals surface area (Å²) in [5.74, 6) is -0.128. The van der Waals surface area contributed by atoms with Crippen molar-refractivity contribution < 1.29 is 28.6 Å². The van der Waals surface area contributed by atoms with Crippen LogP contribution in [0.25, 0.3) is 0 Å². The molecule has 0 aliphatic heterocycles. The van der Waals surface area contributed by atoms with Gasteiger partial charge in [-0.2, -0.15) is 0 Å². The molecule has 0 radical (unpaired) electrons. The van der Waals surface area contributed by atoms with E-state index < -0.39 is 23.6 Å². The van der Waals surface area contributed by atoms with Crippen LogP contribution >= 0.6 is 22.7 Å². The summed E-state index contributed by atoms with van der Waals surface area (Å²) in [6.45, 7) is 5.36. The number of amides is 1. The van der Waals surface area contributed by atoms with Gasteiger partial charge < -0.3 is 19.9 Å². The Balaban J connectivity index is 0.000000220. The molecule has 4 aromatic rings. The molecule has 0 aliphatic carbocycles. The Labute approximate surface area is 221 Å². The van der Waals surface area contributed by atoms with Crippen molar-refractivity contribution in [3.63, 3.8) is 0 Å². The van der Waals surface area contributed by atoms with Crippen LogP contribution in [0, 0.1) is 0 Å². The van der Waals surface area contributed by atoms with Gasteiger partial charge in [0.15, 0.2) is 0 Å². The van der Waals surface area contributed by atoms with Crippen LogP contribution in [0.2, 0.25) is 0 Å². The van der Waals surface area contributed by atoms with Gasteiger partial charge in [0.1, 0.15) is 17.1 Å². The summed E-state index contributed by atoms with van der Waals surface area (Å²) in [6.07, 6.45) is 2.55. The lowest BCUT2D eigenvalue weighted by Crippen LogP contribution is -2.27. The number of thiazole rings is 2. The summed E-state index contributed by atoms with van der Waals surface area (Å²) in [4.78, 5) is 42.5. The molecule has 1 amide bonds. The number of nitrogens with two attached hydrogens (primary N) is 1. The van der Waals surface area contributed by atoms with Crippen molar-refractivity contribution >= 4 is 52.1 Å². The van der Waals surface area contributed by atoms with Gasteiger partial charge in [-0.25, -0.2) is 24.4 Å². The van der Waals surface area contributed by atoms with E-state index in [9.17, 15) is 14.4 Å². The summed E-state index contributed by atoms with van der Waals surface area (Å²) in [6, 6.07) is 13.0. The van der Waals surface area contributed by atoms with Gasteiger partial charge >= 0.3 is 18.0 Å². The molecular formula is C25H24N4O6S2. The number of hydrogen-bond donors (Lipinski definition) is 2. The zero-order valence-corrected chi connectivity index (χ0v) is 21.8. The first kappa shape index (κ1) is 27.3.